The van der Waals surface area contributed by atoms with Gasteiger partial charge in [0.15, 0.2) is 5.16 Å². The number of fused-ring (bicyclic) bond motifs is 1. The summed E-state index contributed by atoms with van der Waals surface area (Å²) in [5.74, 6) is 0.0227. The SMILES string of the molecule is O=C1NCCCCC1Sc1nc2ccccc2c(=O)n1-c1ccccc1. The second-order valence-electron chi connectivity index (χ2n) is 6.28. The van der Waals surface area contributed by atoms with Crippen molar-refractivity contribution in [3.63, 3.8) is 0 Å². The molecule has 1 aliphatic heterocycles. The summed E-state index contributed by atoms with van der Waals surface area (Å²) in [7, 11) is 0. The summed E-state index contributed by atoms with van der Waals surface area (Å²) in [4.78, 5) is 30.2. The van der Waals surface area contributed by atoms with Crippen LogP contribution in [0.25, 0.3) is 16.6 Å². The van der Waals surface area contributed by atoms with E-state index in [-0.39, 0.29) is 16.7 Å². The Kier molecular flexibility index (Phi) is 4.75. The van der Waals surface area contributed by atoms with Crippen molar-refractivity contribution in [2.24, 2.45) is 0 Å². The van der Waals surface area contributed by atoms with Gasteiger partial charge in [-0.05, 0) is 37.1 Å². The number of carbonyl (C=O) groups is 1. The van der Waals surface area contributed by atoms with Crippen LogP contribution in [0.1, 0.15) is 19.3 Å². The number of thioether (sulfide) groups is 1. The van der Waals surface area contributed by atoms with Gasteiger partial charge in [0.2, 0.25) is 5.91 Å². The molecule has 1 N–H and O–H groups in total. The van der Waals surface area contributed by atoms with Crippen molar-refractivity contribution in [1.82, 2.24) is 14.9 Å². The summed E-state index contributed by atoms with van der Waals surface area (Å²) in [5, 5.41) is 3.85. The molecule has 6 heteroatoms. The summed E-state index contributed by atoms with van der Waals surface area (Å²) < 4.78 is 1.62. The lowest BCUT2D eigenvalue weighted by Gasteiger charge is -2.17. The molecule has 0 saturated carbocycles. The lowest BCUT2D eigenvalue weighted by atomic mass is 10.2. The first-order valence-electron chi connectivity index (χ1n) is 8.75. The maximum atomic E-state index is 13.1. The van der Waals surface area contributed by atoms with Gasteiger partial charge >= 0.3 is 0 Å². The third kappa shape index (κ3) is 3.24. The zero-order chi connectivity index (χ0) is 17.9. The zero-order valence-electron chi connectivity index (χ0n) is 14.2. The van der Waals surface area contributed by atoms with Crippen LogP contribution < -0.4 is 10.9 Å². The Hall–Kier alpha value is -2.60. The highest BCUT2D eigenvalue weighted by molar-refractivity contribution is 8.00. The average Bonchev–Trinajstić information content (AvgIpc) is 2.87. The van der Waals surface area contributed by atoms with Gasteiger partial charge in [-0.15, -0.1) is 0 Å². The molecule has 1 aliphatic rings. The number of para-hydroxylation sites is 2. The molecular formula is C20H19N3O2S. The largest absolute Gasteiger partial charge is 0.355 e. The highest BCUT2D eigenvalue weighted by Gasteiger charge is 2.25. The lowest BCUT2D eigenvalue weighted by molar-refractivity contribution is -0.120. The molecule has 4 rings (SSSR count). The van der Waals surface area contributed by atoms with Crippen molar-refractivity contribution in [1.29, 1.82) is 0 Å². The normalized spacial score (nSPS) is 17.7. The van der Waals surface area contributed by atoms with E-state index in [0.717, 1.165) is 24.9 Å². The van der Waals surface area contributed by atoms with Crippen LogP contribution in [0.2, 0.25) is 0 Å². The second-order valence-corrected chi connectivity index (χ2v) is 7.45. The van der Waals surface area contributed by atoms with E-state index in [2.05, 4.69) is 5.32 Å². The fraction of sp³-hybridized carbons (Fsp3) is 0.250. The van der Waals surface area contributed by atoms with E-state index < -0.39 is 0 Å². The Morgan fingerprint density at radius 3 is 2.62 bits per heavy atom. The molecule has 0 radical (unpaired) electrons. The lowest BCUT2D eigenvalue weighted by Crippen LogP contribution is -2.31. The maximum Gasteiger partial charge on any atom is 0.266 e. The molecule has 1 atom stereocenters. The van der Waals surface area contributed by atoms with Gasteiger partial charge in [-0.1, -0.05) is 48.5 Å². The molecule has 1 saturated heterocycles. The minimum Gasteiger partial charge on any atom is -0.355 e. The van der Waals surface area contributed by atoms with Crippen molar-refractivity contribution in [2.75, 3.05) is 6.54 Å². The summed E-state index contributed by atoms with van der Waals surface area (Å²) in [6, 6.07) is 16.8. The maximum absolute atomic E-state index is 13.1. The van der Waals surface area contributed by atoms with Crippen LogP contribution in [0, 0.1) is 0 Å². The number of hydrogen-bond donors (Lipinski definition) is 1. The monoisotopic (exact) mass is 365 g/mol. The molecule has 26 heavy (non-hydrogen) atoms. The van der Waals surface area contributed by atoms with Gasteiger partial charge in [0.05, 0.1) is 21.8 Å². The minimum absolute atomic E-state index is 0.0227. The van der Waals surface area contributed by atoms with E-state index in [1.54, 1.807) is 10.6 Å². The van der Waals surface area contributed by atoms with Crippen LogP contribution in [0.15, 0.2) is 64.5 Å². The fourth-order valence-electron chi connectivity index (χ4n) is 3.15. The average molecular weight is 365 g/mol. The number of nitrogens with one attached hydrogen (secondary N) is 1. The van der Waals surface area contributed by atoms with E-state index in [4.69, 9.17) is 4.98 Å². The molecule has 132 valence electrons. The van der Waals surface area contributed by atoms with Crippen molar-refractivity contribution in [3.8, 4) is 5.69 Å². The first kappa shape index (κ1) is 16.8. The Labute approximate surface area is 155 Å². The molecule has 1 amide bonds. The van der Waals surface area contributed by atoms with Crippen LogP contribution in [-0.2, 0) is 4.79 Å². The number of nitrogens with zero attached hydrogens (tertiary/aromatic N) is 2. The number of aromatic nitrogens is 2. The van der Waals surface area contributed by atoms with E-state index in [0.29, 0.717) is 22.6 Å². The first-order chi connectivity index (χ1) is 12.7. The van der Waals surface area contributed by atoms with Gasteiger partial charge < -0.3 is 5.32 Å². The Balaban J connectivity index is 1.87. The van der Waals surface area contributed by atoms with E-state index in [1.165, 1.54) is 11.8 Å². The number of carbonyl (C=O) groups excluding carboxylic acids is 1. The third-order valence-electron chi connectivity index (χ3n) is 4.49. The van der Waals surface area contributed by atoms with E-state index in [9.17, 15) is 9.59 Å². The molecule has 1 aromatic heterocycles. The Bertz CT molecular complexity index is 1000. The molecule has 5 nitrogen and oxygen atoms in total. The fourth-order valence-corrected chi connectivity index (χ4v) is 4.32. The highest BCUT2D eigenvalue weighted by Crippen LogP contribution is 2.28. The summed E-state index contributed by atoms with van der Waals surface area (Å²) in [6.45, 7) is 0.715. The van der Waals surface area contributed by atoms with E-state index >= 15 is 0 Å². The van der Waals surface area contributed by atoms with Gasteiger partial charge in [-0.25, -0.2) is 4.98 Å². The molecule has 2 aromatic carbocycles. The van der Waals surface area contributed by atoms with Gasteiger partial charge in [0.1, 0.15) is 0 Å². The van der Waals surface area contributed by atoms with Crippen molar-refractivity contribution in [2.45, 2.75) is 29.7 Å². The molecule has 0 bridgehead atoms. The molecule has 1 unspecified atom stereocenters. The minimum atomic E-state index is -0.236. The molecular weight excluding hydrogens is 346 g/mol. The van der Waals surface area contributed by atoms with Crippen molar-refractivity contribution in [3.05, 3.63) is 65.0 Å². The van der Waals surface area contributed by atoms with E-state index in [1.807, 2.05) is 48.5 Å². The molecule has 3 aromatic rings. The summed E-state index contributed by atoms with van der Waals surface area (Å²) >= 11 is 1.38. The summed E-state index contributed by atoms with van der Waals surface area (Å²) in [6.07, 6.45) is 2.76. The molecule has 0 spiro atoms. The molecule has 0 aliphatic carbocycles. The van der Waals surface area contributed by atoms with Crippen LogP contribution in [-0.4, -0.2) is 27.3 Å². The quantitative estimate of drug-likeness (QED) is 0.724. The predicted octanol–water partition coefficient (Wildman–Crippen LogP) is 3.15. The Morgan fingerprint density at radius 1 is 1.00 bits per heavy atom. The zero-order valence-corrected chi connectivity index (χ0v) is 15.0. The Morgan fingerprint density at radius 2 is 1.77 bits per heavy atom. The number of amides is 1. The number of hydrogen-bond acceptors (Lipinski definition) is 4. The smallest absolute Gasteiger partial charge is 0.266 e. The topological polar surface area (TPSA) is 64.0 Å². The van der Waals surface area contributed by atoms with Crippen LogP contribution in [0.3, 0.4) is 0 Å². The van der Waals surface area contributed by atoms with Crippen molar-refractivity contribution >= 4 is 28.6 Å². The van der Waals surface area contributed by atoms with Gasteiger partial charge in [0, 0.05) is 6.54 Å². The number of benzene rings is 2. The standard InChI is InChI=1S/C20H19N3O2S/c24-18-17(12-6-7-13-21-18)26-20-22-16-11-5-4-10-15(16)19(25)23(20)14-8-2-1-3-9-14/h1-5,8-11,17H,6-7,12-13H2,(H,21,24). The highest BCUT2D eigenvalue weighted by atomic mass is 32.2. The molecule has 2 heterocycles. The first-order valence-corrected chi connectivity index (χ1v) is 9.63. The van der Waals surface area contributed by atoms with Gasteiger partial charge in [-0.3, -0.25) is 14.2 Å². The number of rotatable bonds is 3. The van der Waals surface area contributed by atoms with Crippen LogP contribution >= 0.6 is 11.8 Å². The predicted molar refractivity (Wildman–Crippen MR) is 104 cm³/mol. The van der Waals surface area contributed by atoms with Gasteiger partial charge in [0.25, 0.3) is 5.56 Å². The summed E-state index contributed by atoms with van der Waals surface area (Å²) in [5.41, 5.74) is 1.30. The van der Waals surface area contributed by atoms with Crippen LogP contribution in [0.5, 0.6) is 0 Å². The third-order valence-corrected chi connectivity index (χ3v) is 5.71. The van der Waals surface area contributed by atoms with Gasteiger partial charge in [-0.2, -0.15) is 0 Å². The molecule has 1 fully saturated rings. The van der Waals surface area contributed by atoms with Crippen LogP contribution in [0.4, 0.5) is 0 Å². The van der Waals surface area contributed by atoms with Crippen molar-refractivity contribution < 1.29 is 4.79 Å². The second kappa shape index (κ2) is 7.33.